The van der Waals surface area contributed by atoms with Gasteiger partial charge in [-0.15, -0.1) is 0 Å². The van der Waals surface area contributed by atoms with Crippen LogP contribution in [0.1, 0.15) is 36.2 Å². The number of pyridine rings is 1. The van der Waals surface area contributed by atoms with E-state index in [9.17, 15) is 0 Å². The maximum atomic E-state index is 9.01. The molecule has 0 fully saturated rings. The molecule has 4 nitrogen and oxygen atoms in total. The third kappa shape index (κ3) is 3.14. The van der Waals surface area contributed by atoms with Crippen LogP contribution in [0.4, 0.5) is 0 Å². The Labute approximate surface area is 118 Å². The maximum Gasteiger partial charge on any atom is 0.147 e. The number of rotatable bonds is 5. The summed E-state index contributed by atoms with van der Waals surface area (Å²) in [6, 6.07) is 13.4. The molecule has 102 valence electrons. The molecule has 0 saturated heterocycles. The van der Waals surface area contributed by atoms with Crippen LogP contribution in [-0.2, 0) is 6.61 Å². The van der Waals surface area contributed by atoms with Gasteiger partial charge in [-0.1, -0.05) is 31.2 Å². The van der Waals surface area contributed by atoms with E-state index in [1.807, 2.05) is 37.3 Å². The molecular weight excluding hydrogens is 250 g/mol. The van der Waals surface area contributed by atoms with E-state index in [0.29, 0.717) is 12.3 Å². The molecular formula is C16H17N3O. The summed E-state index contributed by atoms with van der Waals surface area (Å²) in [6.07, 6.45) is 2.44. The summed E-state index contributed by atoms with van der Waals surface area (Å²) in [7, 11) is 0. The summed E-state index contributed by atoms with van der Waals surface area (Å²) in [6.45, 7) is 2.35. The van der Waals surface area contributed by atoms with E-state index in [-0.39, 0.29) is 6.04 Å². The molecule has 2 aromatic rings. The Bertz CT molecular complexity index is 619. The van der Waals surface area contributed by atoms with Crippen LogP contribution in [-0.4, -0.2) is 4.98 Å². The average Bonchev–Trinajstić information content (AvgIpc) is 2.52. The van der Waals surface area contributed by atoms with Crippen LogP contribution in [0.3, 0.4) is 0 Å². The lowest BCUT2D eigenvalue weighted by atomic mass is 10.0. The molecule has 2 rings (SSSR count). The molecule has 0 radical (unpaired) electrons. The highest BCUT2D eigenvalue weighted by atomic mass is 16.5. The minimum atomic E-state index is -0.0458. The van der Waals surface area contributed by atoms with Crippen LogP contribution in [0.25, 0.3) is 0 Å². The lowest BCUT2D eigenvalue weighted by Gasteiger charge is -2.15. The lowest BCUT2D eigenvalue weighted by molar-refractivity contribution is 0.300. The fourth-order valence-corrected chi connectivity index (χ4v) is 1.95. The number of hydrogen-bond donors (Lipinski definition) is 1. The van der Waals surface area contributed by atoms with Crippen LogP contribution >= 0.6 is 0 Å². The van der Waals surface area contributed by atoms with Gasteiger partial charge < -0.3 is 10.5 Å². The molecule has 0 bridgehead atoms. The molecule has 0 unspecified atom stereocenters. The fourth-order valence-electron chi connectivity index (χ4n) is 1.95. The van der Waals surface area contributed by atoms with Gasteiger partial charge in [0.2, 0.25) is 0 Å². The Hall–Kier alpha value is -2.38. The maximum absolute atomic E-state index is 9.01. The number of ether oxygens (including phenoxy) is 1. The van der Waals surface area contributed by atoms with E-state index < -0.39 is 0 Å². The van der Waals surface area contributed by atoms with Crippen molar-refractivity contribution in [3.05, 3.63) is 59.4 Å². The van der Waals surface area contributed by atoms with Crippen molar-refractivity contribution < 1.29 is 4.74 Å². The van der Waals surface area contributed by atoms with Gasteiger partial charge in [-0.2, -0.15) is 5.26 Å². The van der Waals surface area contributed by atoms with E-state index in [2.05, 4.69) is 11.1 Å². The largest absolute Gasteiger partial charge is 0.488 e. The molecule has 2 N–H and O–H groups in total. The van der Waals surface area contributed by atoms with Gasteiger partial charge in [-0.3, -0.25) is 0 Å². The highest BCUT2D eigenvalue weighted by Crippen LogP contribution is 2.26. The normalized spacial score (nSPS) is 11.7. The topological polar surface area (TPSA) is 71.9 Å². The summed E-state index contributed by atoms with van der Waals surface area (Å²) in [4.78, 5) is 4.02. The third-order valence-corrected chi connectivity index (χ3v) is 3.14. The highest BCUT2D eigenvalue weighted by molar-refractivity contribution is 5.36. The fraction of sp³-hybridized carbons (Fsp3) is 0.250. The number of benzene rings is 1. The van der Waals surface area contributed by atoms with E-state index >= 15 is 0 Å². The van der Waals surface area contributed by atoms with Crippen molar-refractivity contribution in [3.63, 3.8) is 0 Å². The Morgan fingerprint density at radius 2 is 2.10 bits per heavy atom. The second-order valence-corrected chi connectivity index (χ2v) is 4.46. The van der Waals surface area contributed by atoms with Crippen LogP contribution in [0.2, 0.25) is 0 Å². The molecule has 1 aromatic heterocycles. The predicted octanol–water partition coefficient (Wildman–Crippen LogP) is 2.94. The minimum Gasteiger partial charge on any atom is -0.488 e. The van der Waals surface area contributed by atoms with E-state index in [1.54, 1.807) is 12.3 Å². The molecule has 0 aliphatic carbocycles. The molecule has 1 aromatic carbocycles. The standard InChI is InChI=1S/C16H17N3O/c1-2-14(18)13-7-3-4-8-16(13)20-11-12-6-5-9-19-15(12)10-17/h3-9,14H,2,11,18H2,1H3/t14-/m0/s1. The zero-order valence-corrected chi connectivity index (χ0v) is 11.4. The van der Waals surface area contributed by atoms with Crippen molar-refractivity contribution in [2.75, 3.05) is 0 Å². The Balaban J connectivity index is 2.17. The van der Waals surface area contributed by atoms with Gasteiger partial charge >= 0.3 is 0 Å². The molecule has 0 saturated carbocycles. The van der Waals surface area contributed by atoms with Crippen LogP contribution in [0, 0.1) is 11.3 Å². The quantitative estimate of drug-likeness (QED) is 0.904. The lowest BCUT2D eigenvalue weighted by Crippen LogP contribution is -2.11. The summed E-state index contributed by atoms with van der Waals surface area (Å²) in [5, 5.41) is 9.01. The molecule has 1 atom stereocenters. The number of nitrogens with two attached hydrogens (primary N) is 1. The first-order chi connectivity index (χ1) is 9.76. The molecule has 0 aliphatic heterocycles. The van der Waals surface area contributed by atoms with Gasteiger partial charge in [0.25, 0.3) is 0 Å². The van der Waals surface area contributed by atoms with E-state index in [4.69, 9.17) is 15.7 Å². The van der Waals surface area contributed by atoms with Gasteiger partial charge in [0.05, 0.1) is 0 Å². The summed E-state index contributed by atoms with van der Waals surface area (Å²) in [5.41, 5.74) is 8.23. The molecule has 0 spiro atoms. The zero-order valence-electron chi connectivity index (χ0n) is 11.4. The third-order valence-electron chi connectivity index (χ3n) is 3.14. The van der Waals surface area contributed by atoms with Crippen molar-refractivity contribution in [2.45, 2.75) is 26.0 Å². The number of nitrogens with zero attached hydrogens (tertiary/aromatic N) is 2. The van der Waals surface area contributed by atoms with Crippen molar-refractivity contribution >= 4 is 0 Å². The van der Waals surface area contributed by atoms with Gasteiger partial charge in [-0.25, -0.2) is 4.98 Å². The smallest absolute Gasteiger partial charge is 0.147 e. The van der Waals surface area contributed by atoms with Gasteiger partial charge in [-0.05, 0) is 18.6 Å². The molecule has 20 heavy (non-hydrogen) atoms. The first-order valence-corrected chi connectivity index (χ1v) is 6.57. The SMILES string of the molecule is CC[C@H](N)c1ccccc1OCc1cccnc1C#N. The van der Waals surface area contributed by atoms with E-state index in [0.717, 1.165) is 23.3 Å². The van der Waals surface area contributed by atoms with Gasteiger partial charge in [0.15, 0.2) is 0 Å². The minimum absolute atomic E-state index is 0.0458. The number of hydrogen-bond acceptors (Lipinski definition) is 4. The van der Waals surface area contributed by atoms with Gasteiger partial charge in [0, 0.05) is 23.4 Å². The molecule has 4 heteroatoms. The molecule has 0 amide bonds. The second-order valence-electron chi connectivity index (χ2n) is 4.46. The van der Waals surface area contributed by atoms with E-state index in [1.165, 1.54) is 0 Å². The highest BCUT2D eigenvalue weighted by Gasteiger charge is 2.11. The first kappa shape index (κ1) is 14.0. The molecule has 0 aliphatic rings. The Kier molecular flexibility index (Phi) is 4.70. The number of para-hydroxylation sites is 1. The Morgan fingerprint density at radius 3 is 2.85 bits per heavy atom. The predicted molar refractivity (Wildman–Crippen MR) is 76.9 cm³/mol. The molecule has 1 heterocycles. The number of nitriles is 1. The van der Waals surface area contributed by atoms with Gasteiger partial charge in [0.1, 0.15) is 24.1 Å². The van der Waals surface area contributed by atoms with Crippen LogP contribution < -0.4 is 10.5 Å². The van der Waals surface area contributed by atoms with Crippen molar-refractivity contribution in [1.29, 1.82) is 5.26 Å². The van der Waals surface area contributed by atoms with Crippen molar-refractivity contribution in [1.82, 2.24) is 4.98 Å². The first-order valence-electron chi connectivity index (χ1n) is 6.57. The average molecular weight is 267 g/mol. The monoisotopic (exact) mass is 267 g/mol. The summed E-state index contributed by atoms with van der Waals surface area (Å²) < 4.78 is 5.82. The van der Waals surface area contributed by atoms with Crippen LogP contribution in [0.5, 0.6) is 5.75 Å². The second kappa shape index (κ2) is 6.69. The zero-order chi connectivity index (χ0) is 14.4. The number of aromatic nitrogens is 1. The van der Waals surface area contributed by atoms with Crippen LogP contribution in [0.15, 0.2) is 42.6 Å². The summed E-state index contributed by atoms with van der Waals surface area (Å²) >= 11 is 0. The Morgan fingerprint density at radius 1 is 1.30 bits per heavy atom. The van der Waals surface area contributed by atoms with Crippen molar-refractivity contribution in [3.8, 4) is 11.8 Å². The van der Waals surface area contributed by atoms with Crippen molar-refractivity contribution in [2.24, 2.45) is 5.73 Å². The summed E-state index contributed by atoms with van der Waals surface area (Å²) in [5.74, 6) is 0.759.